The standard InChI is InChI=1S/C13H13ClN2O5S/c14-12-2-1-10(9-11(12)13(17)21-6-3-15)22(18,19)16-4-7-20-8-5-16/h1-2,9H,4-8H2. The van der Waals surface area contributed by atoms with Crippen LogP contribution in [0.1, 0.15) is 10.4 Å². The number of nitriles is 1. The molecule has 1 aliphatic rings. The number of morpholine rings is 1. The van der Waals surface area contributed by atoms with Crippen molar-refractivity contribution in [1.29, 1.82) is 5.26 Å². The highest BCUT2D eigenvalue weighted by Gasteiger charge is 2.27. The summed E-state index contributed by atoms with van der Waals surface area (Å²) in [7, 11) is -3.73. The Balaban J connectivity index is 2.32. The zero-order chi connectivity index (χ0) is 16.2. The molecule has 0 amide bonds. The van der Waals surface area contributed by atoms with E-state index in [1.165, 1.54) is 16.4 Å². The minimum absolute atomic E-state index is 0.0530. The van der Waals surface area contributed by atoms with E-state index in [1.807, 2.05) is 0 Å². The quantitative estimate of drug-likeness (QED) is 0.757. The van der Waals surface area contributed by atoms with Crippen LogP contribution in [0.4, 0.5) is 0 Å². The summed E-state index contributed by atoms with van der Waals surface area (Å²) in [6.45, 7) is 0.710. The fraction of sp³-hybridized carbons (Fsp3) is 0.385. The van der Waals surface area contributed by atoms with Gasteiger partial charge in [-0.1, -0.05) is 11.6 Å². The maximum absolute atomic E-state index is 12.5. The van der Waals surface area contributed by atoms with Gasteiger partial charge < -0.3 is 9.47 Å². The molecule has 1 aromatic rings. The number of nitrogens with zero attached hydrogens (tertiary/aromatic N) is 2. The third kappa shape index (κ3) is 3.56. The number of ether oxygens (including phenoxy) is 2. The lowest BCUT2D eigenvalue weighted by Gasteiger charge is -2.26. The topological polar surface area (TPSA) is 96.7 Å². The predicted molar refractivity (Wildman–Crippen MR) is 76.9 cm³/mol. The first kappa shape index (κ1) is 16.7. The molecule has 1 aromatic carbocycles. The first-order chi connectivity index (χ1) is 10.5. The fourth-order valence-electron chi connectivity index (χ4n) is 1.93. The molecule has 0 aliphatic carbocycles. The normalized spacial score (nSPS) is 16.0. The second-order valence-electron chi connectivity index (χ2n) is 4.39. The zero-order valence-corrected chi connectivity index (χ0v) is 13.1. The van der Waals surface area contributed by atoms with Gasteiger partial charge in [0.2, 0.25) is 10.0 Å². The van der Waals surface area contributed by atoms with Gasteiger partial charge in [-0.05, 0) is 18.2 Å². The number of hydrogen-bond acceptors (Lipinski definition) is 6. The van der Waals surface area contributed by atoms with Gasteiger partial charge >= 0.3 is 5.97 Å². The van der Waals surface area contributed by atoms with E-state index in [9.17, 15) is 13.2 Å². The Morgan fingerprint density at radius 1 is 1.41 bits per heavy atom. The minimum atomic E-state index is -3.73. The number of carbonyl (C=O) groups excluding carboxylic acids is 1. The number of sulfonamides is 1. The number of halogens is 1. The monoisotopic (exact) mass is 344 g/mol. The lowest BCUT2D eigenvalue weighted by molar-refractivity contribution is 0.0555. The summed E-state index contributed by atoms with van der Waals surface area (Å²) >= 11 is 5.89. The van der Waals surface area contributed by atoms with Gasteiger partial charge in [0.15, 0.2) is 6.61 Å². The maximum atomic E-state index is 12.5. The van der Waals surface area contributed by atoms with Crippen LogP contribution in [0.3, 0.4) is 0 Å². The van der Waals surface area contributed by atoms with E-state index in [4.69, 9.17) is 21.6 Å². The molecule has 1 saturated heterocycles. The van der Waals surface area contributed by atoms with Gasteiger partial charge in [-0.2, -0.15) is 9.57 Å². The van der Waals surface area contributed by atoms with E-state index < -0.39 is 22.6 Å². The number of esters is 1. The summed E-state index contributed by atoms with van der Waals surface area (Å²) in [6, 6.07) is 5.46. The molecule has 0 bridgehead atoms. The molecule has 22 heavy (non-hydrogen) atoms. The summed E-state index contributed by atoms with van der Waals surface area (Å²) in [5.41, 5.74) is -0.0914. The molecule has 0 N–H and O–H groups in total. The lowest BCUT2D eigenvalue weighted by Crippen LogP contribution is -2.40. The summed E-state index contributed by atoms with van der Waals surface area (Å²) in [4.78, 5) is 11.7. The number of rotatable bonds is 4. The molecule has 9 heteroatoms. The number of hydrogen-bond donors (Lipinski definition) is 0. The smallest absolute Gasteiger partial charge is 0.340 e. The second kappa shape index (κ2) is 7.07. The van der Waals surface area contributed by atoms with Gasteiger partial charge in [0.1, 0.15) is 6.07 Å². The van der Waals surface area contributed by atoms with Crippen LogP contribution in [0.25, 0.3) is 0 Å². The zero-order valence-electron chi connectivity index (χ0n) is 11.5. The molecule has 0 saturated carbocycles. The largest absolute Gasteiger partial charge is 0.447 e. The highest BCUT2D eigenvalue weighted by molar-refractivity contribution is 7.89. The van der Waals surface area contributed by atoms with Crippen molar-refractivity contribution in [3.8, 4) is 6.07 Å². The summed E-state index contributed by atoms with van der Waals surface area (Å²) in [6.07, 6.45) is 0. The highest BCUT2D eigenvalue weighted by Crippen LogP contribution is 2.24. The van der Waals surface area contributed by atoms with Crippen LogP contribution in [0.5, 0.6) is 0 Å². The first-order valence-electron chi connectivity index (χ1n) is 6.38. The maximum Gasteiger partial charge on any atom is 0.340 e. The molecular formula is C13H13ClN2O5S. The Bertz CT molecular complexity index is 708. The Morgan fingerprint density at radius 3 is 2.73 bits per heavy atom. The molecule has 0 spiro atoms. The van der Waals surface area contributed by atoms with Gasteiger partial charge in [0.05, 0.1) is 28.7 Å². The van der Waals surface area contributed by atoms with Crippen LogP contribution in [-0.4, -0.2) is 51.6 Å². The van der Waals surface area contributed by atoms with Crippen molar-refractivity contribution in [3.05, 3.63) is 28.8 Å². The van der Waals surface area contributed by atoms with Crippen LogP contribution in [0, 0.1) is 11.3 Å². The van der Waals surface area contributed by atoms with Crippen LogP contribution in [0.15, 0.2) is 23.1 Å². The predicted octanol–water partition coefficient (Wildman–Crippen LogP) is 1.04. The van der Waals surface area contributed by atoms with E-state index in [-0.39, 0.29) is 28.6 Å². The average molecular weight is 345 g/mol. The molecule has 0 radical (unpaired) electrons. The highest BCUT2D eigenvalue weighted by atomic mass is 35.5. The van der Waals surface area contributed by atoms with Crippen molar-refractivity contribution in [2.75, 3.05) is 32.9 Å². The molecule has 7 nitrogen and oxygen atoms in total. The van der Waals surface area contributed by atoms with Crippen LogP contribution < -0.4 is 0 Å². The van der Waals surface area contributed by atoms with Gasteiger partial charge in [-0.25, -0.2) is 13.2 Å². The molecule has 1 aliphatic heterocycles. The van der Waals surface area contributed by atoms with E-state index >= 15 is 0 Å². The average Bonchev–Trinajstić information content (AvgIpc) is 2.53. The number of carbonyl (C=O) groups is 1. The van der Waals surface area contributed by atoms with Crippen LogP contribution in [0.2, 0.25) is 5.02 Å². The van der Waals surface area contributed by atoms with E-state index in [2.05, 4.69) is 4.74 Å². The van der Waals surface area contributed by atoms with Gasteiger partial charge in [0, 0.05) is 13.1 Å². The van der Waals surface area contributed by atoms with E-state index in [0.717, 1.165) is 6.07 Å². The van der Waals surface area contributed by atoms with Crippen molar-refractivity contribution < 1.29 is 22.7 Å². The molecule has 2 rings (SSSR count). The summed E-state index contributed by atoms with van der Waals surface area (Å²) in [5, 5.41) is 8.47. The Morgan fingerprint density at radius 2 is 2.09 bits per heavy atom. The third-order valence-electron chi connectivity index (χ3n) is 3.03. The Kier molecular flexibility index (Phi) is 5.37. The van der Waals surface area contributed by atoms with E-state index in [0.29, 0.717) is 13.2 Å². The van der Waals surface area contributed by atoms with Crippen LogP contribution in [-0.2, 0) is 19.5 Å². The van der Waals surface area contributed by atoms with Crippen molar-refractivity contribution >= 4 is 27.6 Å². The Labute approximate surface area is 133 Å². The third-order valence-corrected chi connectivity index (χ3v) is 5.26. The van der Waals surface area contributed by atoms with Crippen molar-refractivity contribution in [2.45, 2.75) is 4.90 Å². The molecule has 1 fully saturated rings. The summed E-state index contributed by atoms with van der Waals surface area (Å²) in [5.74, 6) is -0.842. The molecule has 0 atom stereocenters. The van der Waals surface area contributed by atoms with Gasteiger partial charge in [0.25, 0.3) is 0 Å². The molecular weight excluding hydrogens is 332 g/mol. The second-order valence-corrected chi connectivity index (χ2v) is 6.74. The van der Waals surface area contributed by atoms with E-state index in [1.54, 1.807) is 6.07 Å². The molecule has 0 aromatic heterocycles. The molecule has 1 heterocycles. The van der Waals surface area contributed by atoms with Crippen molar-refractivity contribution in [3.63, 3.8) is 0 Å². The lowest BCUT2D eigenvalue weighted by atomic mass is 10.2. The minimum Gasteiger partial charge on any atom is -0.447 e. The number of benzene rings is 1. The summed E-state index contributed by atoms with van der Waals surface area (Å²) < 4.78 is 36.1. The van der Waals surface area contributed by atoms with Crippen molar-refractivity contribution in [1.82, 2.24) is 4.31 Å². The van der Waals surface area contributed by atoms with Crippen molar-refractivity contribution in [2.24, 2.45) is 0 Å². The first-order valence-corrected chi connectivity index (χ1v) is 8.20. The molecule has 118 valence electrons. The Hall–Kier alpha value is -1.66. The van der Waals surface area contributed by atoms with Gasteiger partial charge in [-0.3, -0.25) is 0 Å². The van der Waals surface area contributed by atoms with Crippen LogP contribution >= 0.6 is 11.6 Å². The van der Waals surface area contributed by atoms with Gasteiger partial charge in [-0.15, -0.1) is 0 Å². The fourth-order valence-corrected chi connectivity index (χ4v) is 3.56. The SMILES string of the molecule is N#CCOC(=O)c1cc(S(=O)(=O)N2CCOCC2)ccc1Cl. The molecule has 0 unspecified atom stereocenters.